The molecule has 0 bridgehead atoms. The number of fused-ring (bicyclic) bond motifs is 1. The van der Waals surface area contributed by atoms with Crippen molar-refractivity contribution >= 4 is 44.5 Å². The number of aliphatic imine (C=N–C) groups is 1. The van der Waals surface area contributed by atoms with E-state index in [0.717, 1.165) is 0 Å². The van der Waals surface area contributed by atoms with Crippen molar-refractivity contribution in [1.82, 2.24) is 10.3 Å². The SMILES string of the molecule is CNC(N)=NC(=O)c1cc2c(Cl)ccc(OC)c2[nH]1.CS(=O)(=O)O. The average molecular weight is 377 g/mol. The molecule has 0 atom stereocenters. The van der Waals surface area contributed by atoms with Crippen LogP contribution in [-0.2, 0) is 10.1 Å². The van der Waals surface area contributed by atoms with Crippen LogP contribution in [0.4, 0.5) is 0 Å². The summed E-state index contributed by atoms with van der Waals surface area (Å²) >= 11 is 6.08. The fourth-order valence-corrected chi connectivity index (χ4v) is 1.88. The molecule has 5 N–H and O–H groups in total. The quantitative estimate of drug-likeness (QED) is 0.347. The van der Waals surface area contributed by atoms with Crippen molar-refractivity contribution in [2.45, 2.75) is 0 Å². The fraction of sp³-hybridized carbons (Fsp3) is 0.231. The van der Waals surface area contributed by atoms with E-state index in [-0.39, 0.29) is 5.96 Å². The van der Waals surface area contributed by atoms with Gasteiger partial charge in [0.25, 0.3) is 16.0 Å². The molecule has 9 nitrogen and oxygen atoms in total. The Bertz CT molecular complexity index is 868. The van der Waals surface area contributed by atoms with E-state index in [1.54, 1.807) is 32.4 Å². The first-order chi connectivity index (χ1) is 11.1. The van der Waals surface area contributed by atoms with Crippen molar-refractivity contribution in [3.05, 3.63) is 28.9 Å². The van der Waals surface area contributed by atoms with Crippen LogP contribution in [0, 0.1) is 0 Å². The number of nitrogens with one attached hydrogen (secondary N) is 2. The number of amides is 1. The number of aromatic amines is 1. The minimum atomic E-state index is -3.67. The van der Waals surface area contributed by atoms with E-state index >= 15 is 0 Å². The van der Waals surface area contributed by atoms with Crippen molar-refractivity contribution in [2.24, 2.45) is 10.7 Å². The lowest BCUT2D eigenvalue weighted by Crippen LogP contribution is -2.28. The molecule has 0 saturated heterocycles. The van der Waals surface area contributed by atoms with Crippen LogP contribution in [0.2, 0.25) is 5.02 Å². The Morgan fingerprint density at radius 2 is 2.04 bits per heavy atom. The Hall–Kier alpha value is -2.30. The summed E-state index contributed by atoms with van der Waals surface area (Å²) in [5, 5.41) is 3.80. The van der Waals surface area contributed by atoms with Crippen LogP contribution in [0.15, 0.2) is 23.2 Å². The third-order valence-corrected chi connectivity index (χ3v) is 2.96. The summed E-state index contributed by atoms with van der Waals surface area (Å²) in [5.74, 6) is 0.159. The van der Waals surface area contributed by atoms with Gasteiger partial charge < -0.3 is 20.8 Å². The molecule has 132 valence electrons. The summed E-state index contributed by atoms with van der Waals surface area (Å²) < 4.78 is 31.1. The van der Waals surface area contributed by atoms with Gasteiger partial charge in [0.05, 0.1) is 23.9 Å². The maximum Gasteiger partial charge on any atom is 0.296 e. The van der Waals surface area contributed by atoms with Gasteiger partial charge in [0.1, 0.15) is 11.4 Å². The van der Waals surface area contributed by atoms with Gasteiger partial charge in [0, 0.05) is 12.4 Å². The first-order valence-electron chi connectivity index (χ1n) is 6.40. The zero-order valence-electron chi connectivity index (χ0n) is 13.1. The maximum absolute atomic E-state index is 11.9. The number of carbonyl (C=O) groups is 1. The molecule has 1 amide bonds. The number of nitrogens with zero attached hydrogens (tertiary/aromatic N) is 1. The van der Waals surface area contributed by atoms with Crippen LogP contribution in [-0.4, -0.2) is 50.2 Å². The molecule has 0 fully saturated rings. The van der Waals surface area contributed by atoms with E-state index in [0.29, 0.717) is 33.6 Å². The largest absolute Gasteiger partial charge is 0.495 e. The molecular weight excluding hydrogens is 360 g/mol. The number of ether oxygens (including phenoxy) is 1. The van der Waals surface area contributed by atoms with E-state index < -0.39 is 16.0 Å². The molecule has 24 heavy (non-hydrogen) atoms. The second-order valence-electron chi connectivity index (χ2n) is 4.51. The molecule has 0 unspecified atom stereocenters. The van der Waals surface area contributed by atoms with Gasteiger partial charge in [0.15, 0.2) is 5.96 Å². The molecule has 0 aliphatic rings. The fourth-order valence-electron chi connectivity index (χ4n) is 1.67. The third-order valence-electron chi connectivity index (χ3n) is 2.63. The smallest absolute Gasteiger partial charge is 0.296 e. The van der Waals surface area contributed by atoms with Gasteiger partial charge in [-0.2, -0.15) is 13.4 Å². The standard InChI is InChI=1S/C12H13ClN4O2.CH4O3S/c1-15-12(14)17-11(18)8-5-6-7(13)3-4-9(19-2)10(6)16-8;1-5(2,3)4/h3-5,16H,1-2H3,(H3,14,15,17,18);1H3,(H,2,3,4). The topological polar surface area (TPSA) is 147 Å². The van der Waals surface area contributed by atoms with Crippen LogP contribution in [0.5, 0.6) is 5.75 Å². The second-order valence-corrected chi connectivity index (χ2v) is 6.38. The van der Waals surface area contributed by atoms with E-state index in [9.17, 15) is 13.2 Å². The van der Waals surface area contributed by atoms with Crippen molar-refractivity contribution in [2.75, 3.05) is 20.4 Å². The van der Waals surface area contributed by atoms with E-state index in [2.05, 4.69) is 15.3 Å². The van der Waals surface area contributed by atoms with Gasteiger partial charge in [-0.3, -0.25) is 9.35 Å². The van der Waals surface area contributed by atoms with E-state index in [4.69, 9.17) is 26.6 Å². The van der Waals surface area contributed by atoms with E-state index in [1.807, 2.05) is 0 Å². The molecule has 2 rings (SSSR count). The lowest BCUT2D eigenvalue weighted by atomic mass is 10.2. The monoisotopic (exact) mass is 376 g/mol. The molecule has 1 heterocycles. The lowest BCUT2D eigenvalue weighted by Gasteiger charge is -2.01. The Kier molecular flexibility index (Phi) is 6.58. The first-order valence-corrected chi connectivity index (χ1v) is 8.63. The molecule has 11 heteroatoms. The van der Waals surface area contributed by atoms with Gasteiger partial charge in [-0.15, -0.1) is 0 Å². The predicted octanol–water partition coefficient (Wildman–Crippen LogP) is 1.01. The maximum atomic E-state index is 11.9. The average Bonchev–Trinajstić information content (AvgIpc) is 2.92. The van der Waals surface area contributed by atoms with E-state index in [1.165, 1.54) is 0 Å². The second kappa shape index (κ2) is 7.99. The summed E-state index contributed by atoms with van der Waals surface area (Å²) in [5.41, 5.74) is 6.39. The van der Waals surface area contributed by atoms with Crippen molar-refractivity contribution in [1.29, 1.82) is 0 Å². The minimum absolute atomic E-state index is 0.0433. The summed E-state index contributed by atoms with van der Waals surface area (Å²) in [6, 6.07) is 5.05. The zero-order chi connectivity index (χ0) is 18.5. The number of halogens is 1. The predicted molar refractivity (Wildman–Crippen MR) is 92.3 cm³/mol. The molecule has 0 spiro atoms. The Morgan fingerprint density at radius 1 is 1.46 bits per heavy atom. The minimum Gasteiger partial charge on any atom is -0.495 e. The Morgan fingerprint density at radius 3 is 2.54 bits per heavy atom. The summed E-state index contributed by atoms with van der Waals surface area (Å²) in [7, 11) is -0.542. The highest BCUT2D eigenvalue weighted by Crippen LogP contribution is 2.31. The van der Waals surface area contributed by atoms with Crippen LogP contribution in [0.1, 0.15) is 10.5 Å². The van der Waals surface area contributed by atoms with Gasteiger partial charge in [-0.25, -0.2) is 0 Å². The highest BCUT2D eigenvalue weighted by atomic mass is 35.5. The molecule has 1 aromatic heterocycles. The highest BCUT2D eigenvalue weighted by Gasteiger charge is 2.14. The molecule has 0 aliphatic heterocycles. The van der Waals surface area contributed by atoms with Gasteiger partial charge in [0.2, 0.25) is 0 Å². The van der Waals surface area contributed by atoms with Crippen LogP contribution < -0.4 is 15.8 Å². The number of methoxy groups -OCH3 is 1. The number of benzene rings is 1. The number of rotatable bonds is 2. The van der Waals surface area contributed by atoms with Crippen LogP contribution in [0.3, 0.4) is 0 Å². The normalized spacial score (nSPS) is 11.6. The lowest BCUT2D eigenvalue weighted by molar-refractivity contribution is 0.0998. The number of hydrogen-bond acceptors (Lipinski definition) is 4. The van der Waals surface area contributed by atoms with Crippen molar-refractivity contribution < 1.29 is 22.5 Å². The third kappa shape index (κ3) is 5.72. The molecule has 0 saturated carbocycles. The number of nitrogens with two attached hydrogens (primary N) is 1. The number of aromatic nitrogens is 1. The highest BCUT2D eigenvalue weighted by molar-refractivity contribution is 7.85. The summed E-state index contributed by atoms with van der Waals surface area (Å²) in [6.45, 7) is 0. The number of carbonyl (C=O) groups excluding carboxylic acids is 1. The van der Waals surface area contributed by atoms with Crippen LogP contribution in [0.25, 0.3) is 10.9 Å². The number of guanidine groups is 1. The number of H-pyrrole nitrogens is 1. The van der Waals surface area contributed by atoms with Gasteiger partial charge in [-0.05, 0) is 18.2 Å². The Labute approximate surface area is 143 Å². The molecule has 0 aliphatic carbocycles. The summed E-state index contributed by atoms with van der Waals surface area (Å²) in [4.78, 5) is 18.5. The Balaban J connectivity index is 0.000000505. The van der Waals surface area contributed by atoms with Gasteiger partial charge in [-0.1, -0.05) is 11.6 Å². The van der Waals surface area contributed by atoms with Crippen LogP contribution >= 0.6 is 11.6 Å². The number of hydrogen-bond donors (Lipinski definition) is 4. The zero-order valence-corrected chi connectivity index (χ0v) is 14.7. The molecular formula is C13H17ClN4O5S. The van der Waals surface area contributed by atoms with Gasteiger partial charge >= 0.3 is 0 Å². The molecule has 0 radical (unpaired) electrons. The molecule has 1 aromatic carbocycles. The van der Waals surface area contributed by atoms with Crippen molar-refractivity contribution in [3.8, 4) is 5.75 Å². The first kappa shape index (κ1) is 19.7. The molecule has 2 aromatic rings. The van der Waals surface area contributed by atoms with Crippen molar-refractivity contribution in [3.63, 3.8) is 0 Å². The summed E-state index contributed by atoms with van der Waals surface area (Å²) in [6.07, 6.45) is 0.715.